The molecule has 1 atom stereocenters. The Morgan fingerprint density at radius 2 is 2.00 bits per heavy atom. The Kier molecular flexibility index (Phi) is 4.99. The molecule has 3 heteroatoms. The number of rotatable bonds is 6. The number of carbonyl (C=O) groups is 1. The Bertz CT molecular complexity index is 324. The Morgan fingerprint density at radius 1 is 1.38 bits per heavy atom. The zero-order valence-electron chi connectivity index (χ0n) is 9.89. The van der Waals surface area contributed by atoms with Crippen LogP contribution in [0.4, 0.5) is 0 Å². The standard InChI is InChI=1S/C13H19NO2/c1-11(8-13(15)16)9-14(2)10-12-6-4-3-5-7-12/h3-7,11H,8-10H2,1-2H3,(H,15,16). The minimum Gasteiger partial charge on any atom is -0.481 e. The predicted molar refractivity (Wildman–Crippen MR) is 64.2 cm³/mol. The molecule has 0 fully saturated rings. The van der Waals surface area contributed by atoms with Gasteiger partial charge in [-0.3, -0.25) is 4.79 Å². The average molecular weight is 221 g/mol. The SMILES string of the molecule is CC(CC(=O)O)CN(C)Cc1ccccc1. The first-order valence-electron chi connectivity index (χ1n) is 5.52. The average Bonchev–Trinajstić information content (AvgIpc) is 2.17. The van der Waals surface area contributed by atoms with Gasteiger partial charge in [-0.2, -0.15) is 0 Å². The highest BCUT2D eigenvalue weighted by atomic mass is 16.4. The fraction of sp³-hybridized carbons (Fsp3) is 0.462. The molecule has 1 N–H and O–H groups in total. The number of hydrogen-bond acceptors (Lipinski definition) is 2. The van der Waals surface area contributed by atoms with Gasteiger partial charge in [0.1, 0.15) is 0 Å². The van der Waals surface area contributed by atoms with Crippen LogP contribution >= 0.6 is 0 Å². The van der Waals surface area contributed by atoms with E-state index in [9.17, 15) is 4.79 Å². The third-order valence-electron chi connectivity index (χ3n) is 2.44. The number of hydrogen-bond donors (Lipinski definition) is 1. The maximum Gasteiger partial charge on any atom is 0.303 e. The molecule has 0 saturated heterocycles. The van der Waals surface area contributed by atoms with Crippen LogP contribution in [0.1, 0.15) is 18.9 Å². The van der Waals surface area contributed by atoms with E-state index in [0.29, 0.717) is 0 Å². The van der Waals surface area contributed by atoms with Crippen molar-refractivity contribution >= 4 is 5.97 Å². The van der Waals surface area contributed by atoms with E-state index in [4.69, 9.17) is 5.11 Å². The van der Waals surface area contributed by atoms with Gasteiger partial charge in [0, 0.05) is 19.5 Å². The van der Waals surface area contributed by atoms with Crippen LogP contribution in [0.15, 0.2) is 30.3 Å². The van der Waals surface area contributed by atoms with Crippen LogP contribution in [-0.4, -0.2) is 29.6 Å². The van der Waals surface area contributed by atoms with Gasteiger partial charge in [-0.05, 0) is 18.5 Å². The molecule has 0 radical (unpaired) electrons. The maximum absolute atomic E-state index is 10.5. The van der Waals surface area contributed by atoms with Crippen molar-refractivity contribution in [1.82, 2.24) is 4.90 Å². The van der Waals surface area contributed by atoms with E-state index in [1.54, 1.807) is 0 Å². The monoisotopic (exact) mass is 221 g/mol. The summed E-state index contributed by atoms with van der Waals surface area (Å²) in [6.45, 7) is 3.64. The fourth-order valence-corrected chi connectivity index (χ4v) is 1.85. The van der Waals surface area contributed by atoms with Crippen molar-refractivity contribution in [3.63, 3.8) is 0 Å². The largest absolute Gasteiger partial charge is 0.481 e. The van der Waals surface area contributed by atoms with Gasteiger partial charge in [-0.1, -0.05) is 37.3 Å². The lowest BCUT2D eigenvalue weighted by Gasteiger charge is -2.20. The van der Waals surface area contributed by atoms with E-state index >= 15 is 0 Å². The summed E-state index contributed by atoms with van der Waals surface area (Å²) in [6, 6.07) is 10.2. The Labute approximate surface area is 96.7 Å². The first-order valence-corrected chi connectivity index (χ1v) is 5.52. The molecule has 0 aliphatic carbocycles. The molecule has 0 aliphatic rings. The third kappa shape index (κ3) is 4.94. The van der Waals surface area contributed by atoms with Gasteiger partial charge in [0.15, 0.2) is 0 Å². The Balaban J connectivity index is 2.36. The van der Waals surface area contributed by atoms with Crippen LogP contribution in [0.2, 0.25) is 0 Å². The molecule has 88 valence electrons. The minimum absolute atomic E-state index is 0.186. The van der Waals surface area contributed by atoms with Crippen molar-refractivity contribution in [2.24, 2.45) is 5.92 Å². The lowest BCUT2D eigenvalue weighted by Crippen LogP contribution is -2.25. The van der Waals surface area contributed by atoms with E-state index in [0.717, 1.165) is 13.1 Å². The van der Waals surface area contributed by atoms with Crippen molar-refractivity contribution in [2.75, 3.05) is 13.6 Å². The molecule has 0 aliphatic heterocycles. The molecule has 3 nitrogen and oxygen atoms in total. The smallest absolute Gasteiger partial charge is 0.303 e. The van der Waals surface area contributed by atoms with Gasteiger partial charge in [-0.15, -0.1) is 0 Å². The van der Waals surface area contributed by atoms with Gasteiger partial charge < -0.3 is 10.0 Å². The molecule has 0 spiro atoms. The van der Waals surface area contributed by atoms with Crippen molar-refractivity contribution in [2.45, 2.75) is 19.9 Å². The summed E-state index contributed by atoms with van der Waals surface area (Å²) in [5.74, 6) is -0.535. The zero-order valence-corrected chi connectivity index (χ0v) is 9.89. The lowest BCUT2D eigenvalue weighted by atomic mass is 10.1. The van der Waals surface area contributed by atoms with Crippen LogP contribution in [0, 0.1) is 5.92 Å². The van der Waals surface area contributed by atoms with Gasteiger partial charge in [0.25, 0.3) is 0 Å². The molecule has 0 bridgehead atoms. The van der Waals surface area contributed by atoms with Crippen molar-refractivity contribution in [3.8, 4) is 0 Å². The third-order valence-corrected chi connectivity index (χ3v) is 2.44. The Morgan fingerprint density at radius 3 is 2.56 bits per heavy atom. The quantitative estimate of drug-likeness (QED) is 0.800. The molecule has 16 heavy (non-hydrogen) atoms. The summed E-state index contributed by atoms with van der Waals surface area (Å²) in [5, 5.41) is 8.67. The van der Waals surface area contributed by atoms with Gasteiger partial charge in [0.2, 0.25) is 0 Å². The summed E-state index contributed by atoms with van der Waals surface area (Å²) < 4.78 is 0. The summed E-state index contributed by atoms with van der Waals surface area (Å²) in [4.78, 5) is 12.7. The highest BCUT2D eigenvalue weighted by Crippen LogP contribution is 2.07. The molecular formula is C13H19NO2. The second-order valence-electron chi connectivity index (χ2n) is 4.39. The van der Waals surface area contributed by atoms with E-state index in [2.05, 4.69) is 17.0 Å². The van der Waals surface area contributed by atoms with Gasteiger partial charge >= 0.3 is 5.97 Å². The number of benzene rings is 1. The first-order chi connectivity index (χ1) is 7.58. The second kappa shape index (κ2) is 6.28. The summed E-state index contributed by atoms with van der Waals surface area (Å²) in [5.41, 5.74) is 1.26. The fourth-order valence-electron chi connectivity index (χ4n) is 1.85. The second-order valence-corrected chi connectivity index (χ2v) is 4.39. The number of carboxylic acids is 1. The molecular weight excluding hydrogens is 202 g/mol. The van der Waals surface area contributed by atoms with Crippen LogP contribution < -0.4 is 0 Å². The van der Waals surface area contributed by atoms with E-state index in [1.807, 2.05) is 32.2 Å². The van der Waals surface area contributed by atoms with Gasteiger partial charge in [-0.25, -0.2) is 0 Å². The predicted octanol–water partition coefficient (Wildman–Crippen LogP) is 2.23. The van der Waals surface area contributed by atoms with Crippen molar-refractivity contribution < 1.29 is 9.90 Å². The van der Waals surface area contributed by atoms with Crippen molar-refractivity contribution in [3.05, 3.63) is 35.9 Å². The molecule has 0 amide bonds. The summed E-state index contributed by atoms with van der Waals surface area (Å²) >= 11 is 0. The van der Waals surface area contributed by atoms with Crippen molar-refractivity contribution in [1.29, 1.82) is 0 Å². The lowest BCUT2D eigenvalue weighted by molar-refractivity contribution is -0.138. The van der Waals surface area contributed by atoms with Crippen LogP contribution in [-0.2, 0) is 11.3 Å². The number of nitrogens with zero attached hydrogens (tertiary/aromatic N) is 1. The zero-order chi connectivity index (χ0) is 12.0. The molecule has 1 aromatic carbocycles. The van der Waals surface area contributed by atoms with E-state index in [1.165, 1.54) is 5.56 Å². The molecule has 1 unspecified atom stereocenters. The molecule has 0 aromatic heterocycles. The van der Waals surface area contributed by atoms with Gasteiger partial charge in [0.05, 0.1) is 0 Å². The molecule has 1 rings (SSSR count). The Hall–Kier alpha value is -1.35. The minimum atomic E-state index is -0.722. The van der Waals surface area contributed by atoms with Crippen LogP contribution in [0.25, 0.3) is 0 Å². The summed E-state index contributed by atoms with van der Waals surface area (Å²) in [6.07, 6.45) is 0.235. The number of aliphatic carboxylic acids is 1. The topological polar surface area (TPSA) is 40.5 Å². The van der Waals surface area contributed by atoms with Crippen LogP contribution in [0.3, 0.4) is 0 Å². The maximum atomic E-state index is 10.5. The molecule has 0 heterocycles. The first kappa shape index (κ1) is 12.7. The number of carboxylic acid groups (broad SMARTS) is 1. The molecule has 0 saturated carbocycles. The normalized spacial score (nSPS) is 12.7. The van der Waals surface area contributed by atoms with E-state index in [-0.39, 0.29) is 12.3 Å². The highest BCUT2D eigenvalue weighted by Gasteiger charge is 2.10. The molecule has 1 aromatic rings. The van der Waals surface area contributed by atoms with E-state index < -0.39 is 5.97 Å². The van der Waals surface area contributed by atoms with Crippen LogP contribution in [0.5, 0.6) is 0 Å². The highest BCUT2D eigenvalue weighted by molar-refractivity contribution is 5.66. The summed E-state index contributed by atoms with van der Waals surface area (Å²) in [7, 11) is 2.02.